The van der Waals surface area contributed by atoms with Crippen molar-refractivity contribution in [3.8, 4) is 0 Å². The molecule has 1 fully saturated rings. The van der Waals surface area contributed by atoms with E-state index in [4.69, 9.17) is 4.74 Å². The maximum atomic E-state index is 11.9. The summed E-state index contributed by atoms with van der Waals surface area (Å²) in [4.78, 5) is 14.4. The molecule has 0 spiro atoms. The molecule has 1 rings (SSSR count). The van der Waals surface area contributed by atoms with E-state index >= 15 is 0 Å². The lowest BCUT2D eigenvalue weighted by Gasteiger charge is -2.27. The molecule has 1 atom stereocenters. The fraction of sp³-hybridized carbons (Fsp3) is 0.938. The molecule has 4 nitrogen and oxygen atoms in total. The van der Waals surface area contributed by atoms with Crippen LogP contribution in [0.4, 0.5) is 0 Å². The van der Waals surface area contributed by atoms with Gasteiger partial charge in [-0.15, -0.1) is 0 Å². The summed E-state index contributed by atoms with van der Waals surface area (Å²) in [5, 5.41) is 3.24. The van der Waals surface area contributed by atoms with E-state index < -0.39 is 0 Å². The Kier molecular flexibility index (Phi) is 7.52. The van der Waals surface area contributed by atoms with E-state index in [-0.39, 0.29) is 12.0 Å². The van der Waals surface area contributed by atoms with Crippen LogP contribution in [-0.2, 0) is 9.53 Å². The number of rotatable bonds is 9. The Balaban J connectivity index is 2.42. The zero-order valence-corrected chi connectivity index (χ0v) is 13.7. The minimum Gasteiger partial charge on any atom is -0.465 e. The molecule has 0 aromatic heterocycles. The summed E-state index contributed by atoms with van der Waals surface area (Å²) in [7, 11) is 0. The Labute approximate surface area is 124 Å². The molecule has 1 unspecified atom stereocenters. The first kappa shape index (κ1) is 17.4. The van der Waals surface area contributed by atoms with Crippen molar-refractivity contribution in [1.82, 2.24) is 10.2 Å². The minimum atomic E-state index is -0.154. The quantitative estimate of drug-likeness (QED) is 0.660. The van der Waals surface area contributed by atoms with E-state index in [1.54, 1.807) is 0 Å². The van der Waals surface area contributed by atoms with Gasteiger partial charge in [-0.05, 0) is 51.1 Å². The van der Waals surface area contributed by atoms with Gasteiger partial charge in [-0.1, -0.05) is 20.8 Å². The van der Waals surface area contributed by atoms with E-state index in [1.807, 2.05) is 13.8 Å². The second-order valence-electron chi connectivity index (χ2n) is 5.88. The molecular formula is C16H32N2O2. The molecule has 0 saturated carbocycles. The largest absolute Gasteiger partial charge is 0.465 e. The first-order chi connectivity index (χ1) is 9.60. The molecule has 1 N–H and O–H groups in total. The van der Waals surface area contributed by atoms with Crippen molar-refractivity contribution in [2.45, 2.75) is 59.4 Å². The van der Waals surface area contributed by atoms with Crippen LogP contribution in [0.3, 0.4) is 0 Å². The highest BCUT2D eigenvalue weighted by molar-refractivity contribution is 5.75. The lowest BCUT2D eigenvalue weighted by atomic mass is 9.82. The number of nitrogens with one attached hydrogen (secondary N) is 1. The predicted octanol–water partition coefficient (Wildman–Crippen LogP) is 2.43. The van der Waals surface area contributed by atoms with E-state index in [2.05, 4.69) is 24.1 Å². The third-order valence-electron chi connectivity index (χ3n) is 4.77. The van der Waals surface area contributed by atoms with Crippen molar-refractivity contribution < 1.29 is 9.53 Å². The van der Waals surface area contributed by atoms with Gasteiger partial charge in [0, 0.05) is 13.1 Å². The van der Waals surface area contributed by atoms with Crippen molar-refractivity contribution in [1.29, 1.82) is 0 Å². The number of hydrogen-bond acceptors (Lipinski definition) is 4. The van der Waals surface area contributed by atoms with Crippen LogP contribution in [0, 0.1) is 5.41 Å². The zero-order chi connectivity index (χ0) is 15.0. The topological polar surface area (TPSA) is 41.6 Å². The van der Waals surface area contributed by atoms with Crippen LogP contribution in [-0.4, -0.2) is 49.7 Å². The highest BCUT2D eigenvalue weighted by Crippen LogP contribution is 2.36. The monoisotopic (exact) mass is 284 g/mol. The lowest BCUT2D eigenvalue weighted by molar-refractivity contribution is -0.145. The number of ether oxygens (including phenoxy) is 1. The highest BCUT2D eigenvalue weighted by atomic mass is 16.5. The molecule has 1 aliphatic rings. The number of carbonyl (C=O) groups is 1. The molecule has 20 heavy (non-hydrogen) atoms. The van der Waals surface area contributed by atoms with Crippen molar-refractivity contribution in [3.05, 3.63) is 0 Å². The fourth-order valence-electron chi connectivity index (χ4n) is 3.15. The molecule has 4 heteroatoms. The zero-order valence-electron chi connectivity index (χ0n) is 13.7. The van der Waals surface area contributed by atoms with Crippen molar-refractivity contribution in [2.24, 2.45) is 5.41 Å². The van der Waals surface area contributed by atoms with Crippen molar-refractivity contribution >= 4 is 5.97 Å². The van der Waals surface area contributed by atoms with Crippen molar-refractivity contribution in [3.63, 3.8) is 0 Å². The number of hydrogen-bond donors (Lipinski definition) is 1. The average Bonchev–Trinajstić information content (AvgIpc) is 2.88. The van der Waals surface area contributed by atoms with E-state index in [9.17, 15) is 4.79 Å². The maximum absolute atomic E-state index is 11.9. The minimum absolute atomic E-state index is 0.106. The fourth-order valence-corrected chi connectivity index (χ4v) is 3.15. The van der Waals surface area contributed by atoms with Crippen LogP contribution in [0.1, 0.15) is 53.4 Å². The second kappa shape index (κ2) is 8.63. The summed E-state index contributed by atoms with van der Waals surface area (Å²) < 4.78 is 5.14. The van der Waals surface area contributed by atoms with E-state index in [0.717, 1.165) is 19.5 Å². The molecule has 0 aromatic rings. The Morgan fingerprint density at radius 3 is 2.50 bits per heavy atom. The Morgan fingerprint density at radius 2 is 2.00 bits per heavy atom. The van der Waals surface area contributed by atoms with Crippen LogP contribution in [0.2, 0.25) is 0 Å². The molecule has 1 aliphatic heterocycles. The molecule has 0 aliphatic carbocycles. The summed E-state index contributed by atoms with van der Waals surface area (Å²) in [5.41, 5.74) is 0.512. The van der Waals surface area contributed by atoms with Gasteiger partial charge in [0.05, 0.1) is 6.61 Å². The van der Waals surface area contributed by atoms with Gasteiger partial charge >= 0.3 is 5.97 Å². The van der Waals surface area contributed by atoms with E-state index in [0.29, 0.717) is 12.0 Å². The molecule has 0 aromatic carbocycles. The molecule has 0 radical (unpaired) electrons. The predicted molar refractivity (Wildman–Crippen MR) is 82.8 cm³/mol. The van der Waals surface area contributed by atoms with Gasteiger partial charge in [0.15, 0.2) is 0 Å². The first-order valence-corrected chi connectivity index (χ1v) is 8.23. The summed E-state index contributed by atoms with van der Waals surface area (Å²) in [5.74, 6) is -0.106. The molecule has 118 valence electrons. The Bertz CT molecular complexity index is 290. The number of esters is 1. The van der Waals surface area contributed by atoms with Crippen LogP contribution in [0.15, 0.2) is 0 Å². The first-order valence-electron chi connectivity index (χ1n) is 8.23. The smallest absolute Gasteiger partial charge is 0.323 e. The van der Waals surface area contributed by atoms with Crippen LogP contribution >= 0.6 is 0 Å². The Morgan fingerprint density at radius 1 is 1.30 bits per heavy atom. The van der Waals surface area contributed by atoms with Gasteiger partial charge in [0.1, 0.15) is 6.04 Å². The van der Waals surface area contributed by atoms with E-state index in [1.165, 1.54) is 32.4 Å². The summed E-state index contributed by atoms with van der Waals surface area (Å²) >= 11 is 0. The van der Waals surface area contributed by atoms with Crippen LogP contribution < -0.4 is 5.32 Å². The molecule has 1 saturated heterocycles. The third kappa shape index (κ3) is 4.74. The molecule has 0 amide bonds. The average molecular weight is 284 g/mol. The van der Waals surface area contributed by atoms with Gasteiger partial charge in [-0.25, -0.2) is 0 Å². The highest BCUT2D eigenvalue weighted by Gasteiger charge is 2.35. The van der Waals surface area contributed by atoms with Gasteiger partial charge in [0.25, 0.3) is 0 Å². The van der Waals surface area contributed by atoms with Gasteiger partial charge in [0.2, 0.25) is 0 Å². The van der Waals surface area contributed by atoms with Gasteiger partial charge in [-0.3, -0.25) is 4.79 Å². The van der Waals surface area contributed by atoms with Crippen molar-refractivity contribution in [2.75, 3.05) is 32.8 Å². The van der Waals surface area contributed by atoms with Crippen LogP contribution in [0.5, 0.6) is 0 Å². The number of likely N-dealkylation sites (N-methyl/N-ethyl adjacent to an activating group) is 1. The van der Waals surface area contributed by atoms with Gasteiger partial charge < -0.3 is 15.0 Å². The normalized spacial score (nSPS) is 20.0. The number of carbonyl (C=O) groups excluding carboxylic acids is 1. The maximum Gasteiger partial charge on any atom is 0.323 e. The molecular weight excluding hydrogens is 252 g/mol. The summed E-state index contributed by atoms with van der Waals surface area (Å²) in [6.07, 6.45) is 4.66. The van der Waals surface area contributed by atoms with Gasteiger partial charge in [-0.2, -0.15) is 0 Å². The SMILES string of the molecule is CCNC(CCN1CCC(CC)(CC)C1)C(=O)OCC. The Hall–Kier alpha value is -0.610. The molecule has 1 heterocycles. The standard InChI is InChI=1S/C16H32N2O2/c1-5-16(6-2)10-12-18(13-16)11-9-14(17-7-3)15(19)20-8-4/h14,17H,5-13H2,1-4H3. The lowest BCUT2D eigenvalue weighted by Crippen LogP contribution is -2.41. The molecule has 0 bridgehead atoms. The summed E-state index contributed by atoms with van der Waals surface area (Å²) in [6.45, 7) is 13.1. The number of likely N-dealkylation sites (tertiary alicyclic amines) is 1. The number of nitrogens with zero attached hydrogens (tertiary/aromatic N) is 1. The summed E-state index contributed by atoms with van der Waals surface area (Å²) in [6, 6.07) is -0.154. The third-order valence-corrected chi connectivity index (χ3v) is 4.77. The second-order valence-corrected chi connectivity index (χ2v) is 5.88. The van der Waals surface area contributed by atoms with Crippen LogP contribution in [0.25, 0.3) is 0 Å².